The summed E-state index contributed by atoms with van der Waals surface area (Å²) in [6.07, 6.45) is 5.60. The number of hydrogen-bond donors (Lipinski definition) is 1. The molecule has 2 aliphatic heterocycles. The number of imide groups is 1. The van der Waals surface area contributed by atoms with E-state index in [1.807, 2.05) is 32.1 Å². The summed E-state index contributed by atoms with van der Waals surface area (Å²) in [6.45, 7) is 4.04. The summed E-state index contributed by atoms with van der Waals surface area (Å²) >= 11 is 0. The van der Waals surface area contributed by atoms with Gasteiger partial charge in [-0.15, -0.1) is 0 Å². The number of nitrogens with one attached hydrogen (secondary N) is 1. The number of benzene rings is 1. The van der Waals surface area contributed by atoms with Crippen molar-refractivity contribution in [2.75, 3.05) is 0 Å². The molecular formula is C19H22N2O3. The average molecular weight is 326 g/mol. The molecule has 1 aromatic carbocycles. The van der Waals surface area contributed by atoms with E-state index in [4.69, 9.17) is 0 Å². The van der Waals surface area contributed by atoms with E-state index in [0.717, 1.165) is 35.4 Å². The molecule has 0 saturated carbocycles. The second kappa shape index (κ2) is 6.59. The second-order valence-electron chi connectivity index (χ2n) is 6.25. The molecule has 1 atom stereocenters. The molecule has 126 valence electrons. The van der Waals surface area contributed by atoms with Crippen molar-refractivity contribution in [3.05, 3.63) is 46.7 Å². The van der Waals surface area contributed by atoms with Crippen LogP contribution in [-0.4, -0.2) is 28.7 Å². The Morgan fingerprint density at radius 3 is 2.67 bits per heavy atom. The maximum atomic E-state index is 12.9. The van der Waals surface area contributed by atoms with Gasteiger partial charge < -0.3 is 5.32 Å². The van der Waals surface area contributed by atoms with Gasteiger partial charge in [-0.3, -0.25) is 19.3 Å². The number of allylic oxidation sites excluding steroid dienone is 2. The van der Waals surface area contributed by atoms with E-state index in [0.29, 0.717) is 24.0 Å². The quantitative estimate of drug-likeness (QED) is 0.865. The Balaban J connectivity index is 1.90. The largest absolute Gasteiger partial charge is 0.328 e. The molecule has 1 N–H and O–H groups in total. The minimum absolute atomic E-state index is 0.271. The normalized spacial score (nSPS) is 22.1. The van der Waals surface area contributed by atoms with Gasteiger partial charge in [0, 0.05) is 5.70 Å². The van der Waals surface area contributed by atoms with Gasteiger partial charge in [-0.25, -0.2) is 0 Å². The monoisotopic (exact) mass is 326 g/mol. The van der Waals surface area contributed by atoms with Gasteiger partial charge in [-0.2, -0.15) is 0 Å². The predicted molar refractivity (Wildman–Crippen MR) is 90.5 cm³/mol. The van der Waals surface area contributed by atoms with Crippen molar-refractivity contribution in [1.82, 2.24) is 10.2 Å². The first-order valence-electron chi connectivity index (χ1n) is 8.58. The number of carbonyl (C=O) groups is 3. The zero-order valence-electron chi connectivity index (χ0n) is 14.1. The molecule has 1 unspecified atom stereocenters. The highest BCUT2D eigenvalue weighted by Crippen LogP contribution is 2.31. The lowest BCUT2D eigenvalue weighted by Gasteiger charge is -2.30. The van der Waals surface area contributed by atoms with Crippen LogP contribution in [0.15, 0.2) is 30.0 Å². The minimum Gasteiger partial charge on any atom is -0.328 e. The summed E-state index contributed by atoms with van der Waals surface area (Å²) in [5.74, 6) is -0.953. The maximum absolute atomic E-state index is 12.9. The molecule has 0 radical (unpaired) electrons. The number of hydrogen-bond acceptors (Lipinski definition) is 3. The summed E-state index contributed by atoms with van der Waals surface area (Å²) in [7, 11) is 0. The van der Waals surface area contributed by atoms with Crippen LogP contribution in [0.5, 0.6) is 0 Å². The molecule has 24 heavy (non-hydrogen) atoms. The number of fused-ring (bicyclic) bond motifs is 1. The van der Waals surface area contributed by atoms with Crippen LogP contribution in [0.4, 0.5) is 0 Å². The van der Waals surface area contributed by atoms with E-state index in [9.17, 15) is 14.4 Å². The predicted octanol–water partition coefficient (Wildman–Crippen LogP) is 2.81. The number of piperidine rings is 1. The fraction of sp³-hybridized carbons (Fsp3) is 0.421. The molecule has 2 aliphatic rings. The molecule has 3 rings (SSSR count). The fourth-order valence-corrected chi connectivity index (χ4v) is 3.51. The van der Waals surface area contributed by atoms with Crippen LogP contribution in [-0.2, 0) is 11.2 Å². The number of nitrogens with zero attached hydrogens (tertiary/aromatic N) is 1. The van der Waals surface area contributed by atoms with E-state index in [1.54, 1.807) is 6.07 Å². The van der Waals surface area contributed by atoms with Crippen molar-refractivity contribution in [2.45, 2.75) is 52.0 Å². The van der Waals surface area contributed by atoms with Gasteiger partial charge in [-0.1, -0.05) is 38.5 Å². The van der Waals surface area contributed by atoms with E-state index >= 15 is 0 Å². The third-order valence-corrected chi connectivity index (χ3v) is 4.59. The van der Waals surface area contributed by atoms with E-state index in [-0.39, 0.29) is 17.7 Å². The van der Waals surface area contributed by atoms with E-state index in [2.05, 4.69) is 5.32 Å². The number of aryl methyl sites for hydroxylation is 1. The van der Waals surface area contributed by atoms with Crippen molar-refractivity contribution in [3.63, 3.8) is 0 Å². The van der Waals surface area contributed by atoms with Gasteiger partial charge in [0.1, 0.15) is 6.04 Å². The van der Waals surface area contributed by atoms with E-state index < -0.39 is 6.04 Å². The first-order valence-corrected chi connectivity index (χ1v) is 8.58. The number of rotatable bonds is 4. The molecule has 0 aromatic heterocycles. The SMILES string of the molecule is CC/C=C1/CCC(N2C(=O)c3cccc(CCC)c3C2=O)C(=O)N1. The Hall–Kier alpha value is -2.43. The highest BCUT2D eigenvalue weighted by atomic mass is 16.2. The van der Waals surface area contributed by atoms with Crippen molar-refractivity contribution in [2.24, 2.45) is 0 Å². The molecule has 0 spiro atoms. The molecule has 1 fully saturated rings. The van der Waals surface area contributed by atoms with E-state index in [1.165, 1.54) is 0 Å². The zero-order chi connectivity index (χ0) is 17.3. The third kappa shape index (κ3) is 2.64. The maximum Gasteiger partial charge on any atom is 0.262 e. The van der Waals surface area contributed by atoms with Crippen LogP contribution < -0.4 is 5.32 Å². The summed E-state index contributed by atoms with van der Waals surface area (Å²) in [6, 6.07) is 4.65. The summed E-state index contributed by atoms with van der Waals surface area (Å²) in [5.41, 5.74) is 2.67. The van der Waals surface area contributed by atoms with Crippen molar-refractivity contribution in [3.8, 4) is 0 Å². The lowest BCUT2D eigenvalue weighted by Crippen LogP contribution is -2.51. The van der Waals surface area contributed by atoms with Crippen LogP contribution >= 0.6 is 0 Å². The van der Waals surface area contributed by atoms with Gasteiger partial charge in [-0.05, 0) is 37.3 Å². The Bertz CT molecular complexity index is 736. The molecular weight excluding hydrogens is 304 g/mol. The van der Waals surface area contributed by atoms with Gasteiger partial charge in [0.2, 0.25) is 5.91 Å². The molecule has 3 amide bonds. The van der Waals surface area contributed by atoms with Crippen LogP contribution in [0.25, 0.3) is 0 Å². The average Bonchev–Trinajstić information content (AvgIpc) is 2.81. The number of carbonyl (C=O) groups excluding carboxylic acids is 3. The first-order chi connectivity index (χ1) is 11.6. The van der Waals surface area contributed by atoms with Crippen molar-refractivity contribution >= 4 is 17.7 Å². The van der Waals surface area contributed by atoms with Crippen LogP contribution in [0.2, 0.25) is 0 Å². The molecule has 5 heteroatoms. The number of amides is 3. The Morgan fingerprint density at radius 2 is 2.00 bits per heavy atom. The summed E-state index contributed by atoms with van der Waals surface area (Å²) in [5, 5.41) is 2.83. The molecule has 0 bridgehead atoms. The van der Waals surface area contributed by atoms with Crippen LogP contribution in [0.3, 0.4) is 0 Å². The Kier molecular flexibility index (Phi) is 4.51. The zero-order valence-corrected chi connectivity index (χ0v) is 14.1. The lowest BCUT2D eigenvalue weighted by molar-refractivity contribution is -0.125. The summed E-state index contributed by atoms with van der Waals surface area (Å²) in [4.78, 5) is 39.2. The summed E-state index contributed by atoms with van der Waals surface area (Å²) < 4.78 is 0. The standard InChI is InChI=1S/C19H22N2O3/c1-3-6-12-8-5-9-14-16(12)19(24)21(18(14)23)15-11-10-13(7-4-2)20-17(15)22/h5,7-9,15H,3-4,6,10-11H2,1-2H3,(H,20,22)/b13-7-. The van der Waals surface area contributed by atoms with Gasteiger partial charge >= 0.3 is 0 Å². The van der Waals surface area contributed by atoms with Crippen LogP contribution in [0, 0.1) is 0 Å². The molecule has 0 aliphatic carbocycles. The van der Waals surface area contributed by atoms with Gasteiger partial charge in [0.15, 0.2) is 0 Å². The van der Waals surface area contributed by atoms with Crippen molar-refractivity contribution in [1.29, 1.82) is 0 Å². The highest BCUT2D eigenvalue weighted by molar-refractivity contribution is 6.23. The highest BCUT2D eigenvalue weighted by Gasteiger charge is 2.44. The van der Waals surface area contributed by atoms with Gasteiger partial charge in [0.05, 0.1) is 11.1 Å². The molecule has 1 aromatic rings. The topological polar surface area (TPSA) is 66.5 Å². The smallest absolute Gasteiger partial charge is 0.262 e. The molecule has 5 nitrogen and oxygen atoms in total. The molecule has 1 saturated heterocycles. The lowest BCUT2D eigenvalue weighted by atomic mass is 9.99. The minimum atomic E-state index is -0.721. The van der Waals surface area contributed by atoms with Crippen LogP contribution in [0.1, 0.15) is 65.8 Å². The van der Waals surface area contributed by atoms with Gasteiger partial charge in [0.25, 0.3) is 11.8 Å². The third-order valence-electron chi connectivity index (χ3n) is 4.59. The Morgan fingerprint density at radius 1 is 1.21 bits per heavy atom. The molecule has 2 heterocycles. The van der Waals surface area contributed by atoms with Crippen molar-refractivity contribution < 1.29 is 14.4 Å². The fourth-order valence-electron chi connectivity index (χ4n) is 3.51. The Labute approximate surface area is 141 Å². The second-order valence-corrected chi connectivity index (χ2v) is 6.25. The first kappa shape index (κ1) is 16.4.